The van der Waals surface area contributed by atoms with Gasteiger partial charge in [-0.2, -0.15) is 0 Å². The highest BCUT2D eigenvalue weighted by atomic mass is 32.1. The van der Waals surface area contributed by atoms with E-state index in [1.54, 1.807) is 23.9 Å². The van der Waals surface area contributed by atoms with Crippen LogP contribution in [0.15, 0.2) is 49.1 Å². The first kappa shape index (κ1) is 15.5. The summed E-state index contributed by atoms with van der Waals surface area (Å²) in [7, 11) is 0. The molecule has 0 saturated heterocycles. The highest BCUT2D eigenvalue weighted by molar-refractivity contribution is 7.12. The molecule has 0 aliphatic heterocycles. The van der Waals surface area contributed by atoms with E-state index < -0.39 is 0 Å². The Morgan fingerprint density at radius 1 is 1.22 bits per heavy atom. The third kappa shape index (κ3) is 3.87. The predicted molar refractivity (Wildman–Crippen MR) is 92.7 cm³/mol. The van der Waals surface area contributed by atoms with E-state index in [9.17, 15) is 4.79 Å². The van der Waals surface area contributed by atoms with Gasteiger partial charge in [0.25, 0.3) is 5.91 Å². The second-order valence-electron chi connectivity index (χ2n) is 5.56. The molecule has 118 valence electrons. The quantitative estimate of drug-likeness (QED) is 0.780. The lowest BCUT2D eigenvalue weighted by Crippen LogP contribution is -2.22. The van der Waals surface area contributed by atoms with Crippen molar-refractivity contribution in [1.82, 2.24) is 14.9 Å². The predicted octanol–water partition coefficient (Wildman–Crippen LogP) is 3.54. The van der Waals surface area contributed by atoms with Crippen molar-refractivity contribution in [3.05, 3.63) is 75.5 Å². The zero-order chi connectivity index (χ0) is 16.2. The minimum atomic E-state index is -0.00524. The fraction of sp³-hybridized carbons (Fsp3) is 0.222. The van der Waals surface area contributed by atoms with E-state index in [0.29, 0.717) is 6.54 Å². The zero-order valence-corrected chi connectivity index (χ0v) is 14.1. The molecule has 0 radical (unpaired) electrons. The number of hydrogen-bond acceptors (Lipinski definition) is 3. The number of aryl methyl sites for hydroxylation is 2. The molecule has 0 spiro atoms. The first-order chi connectivity index (χ1) is 11.1. The van der Waals surface area contributed by atoms with Crippen molar-refractivity contribution in [3.8, 4) is 0 Å². The molecule has 0 saturated carbocycles. The second-order valence-corrected chi connectivity index (χ2v) is 7.02. The Kier molecular flexibility index (Phi) is 4.57. The van der Waals surface area contributed by atoms with Gasteiger partial charge in [-0.1, -0.05) is 24.3 Å². The van der Waals surface area contributed by atoms with Gasteiger partial charge in [-0.15, -0.1) is 11.3 Å². The summed E-state index contributed by atoms with van der Waals surface area (Å²) in [5.41, 5.74) is 3.09. The third-order valence-electron chi connectivity index (χ3n) is 3.69. The SMILES string of the molecule is Cc1cc(C(=O)NCc2ccc(Cn3ccnc3)cc2)c(C)s1. The largest absolute Gasteiger partial charge is 0.348 e. The first-order valence-corrected chi connectivity index (χ1v) is 8.32. The van der Waals surface area contributed by atoms with Gasteiger partial charge in [0.1, 0.15) is 0 Å². The highest BCUT2D eigenvalue weighted by Crippen LogP contribution is 2.20. The standard InChI is InChI=1S/C18H19N3OS/c1-13-9-17(14(2)23-13)18(22)20-10-15-3-5-16(6-4-15)11-21-8-7-19-12-21/h3-9,12H,10-11H2,1-2H3,(H,20,22). The third-order valence-corrected chi connectivity index (χ3v) is 4.65. The van der Waals surface area contributed by atoms with E-state index >= 15 is 0 Å². The van der Waals surface area contributed by atoms with Gasteiger partial charge >= 0.3 is 0 Å². The fourth-order valence-corrected chi connectivity index (χ4v) is 3.41. The van der Waals surface area contributed by atoms with Crippen molar-refractivity contribution < 1.29 is 4.79 Å². The Labute approximate surface area is 139 Å². The van der Waals surface area contributed by atoms with Gasteiger partial charge < -0.3 is 9.88 Å². The number of carbonyl (C=O) groups excluding carboxylic acids is 1. The number of thiophene rings is 1. The molecule has 2 aromatic heterocycles. The van der Waals surface area contributed by atoms with Crippen LogP contribution >= 0.6 is 11.3 Å². The summed E-state index contributed by atoms with van der Waals surface area (Å²) in [6.07, 6.45) is 5.52. The number of hydrogen-bond donors (Lipinski definition) is 1. The topological polar surface area (TPSA) is 46.9 Å². The van der Waals surface area contributed by atoms with Crippen LogP contribution in [0.1, 0.15) is 31.2 Å². The van der Waals surface area contributed by atoms with Crippen LogP contribution in [-0.4, -0.2) is 15.5 Å². The molecule has 3 aromatic rings. The number of amides is 1. The Hall–Kier alpha value is -2.40. The van der Waals surface area contributed by atoms with E-state index in [0.717, 1.165) is 27.4 Å². The van der Waals surface area contributed by atoms with Gasteiger partial charge in [-0.3, -0.25) is 4.79 Å². The lowest BCUT2D eigenvalue weighted by Gasteiger charge is -2.07. The number of aromatic nitrogens is 2. The molecule has 0 atom stereocenters. The smallest absolute Gasteiger partial charge is 0.252 e. The second kappa shape index (κ2) is 6.79. The molecular weight excluding hydrogens is 306 g/mol. The Balaban J connectivity index is 1.58. The molecule has 4 nitrogen and oxygen atoms in total. The summed E-state index contributed by atoms with van der Waals surface area (Å²) in [5, 5.41) is 2.99. The Morgan fingerprint density at radius 2 is 1.96 bits per heavy atom. The molecule has 1 N–H and O–H groups in total. The lowest BCUT2D eigenvalue weighted by molar-refractivity contribution is 0.0951. The van der Waals surface area contributed by atoms with Crippen LogP contribution in [-0.2, 0) is 13.1 Å². The molecule has 23 heavy (non-hydrogen) atoms. The average Bonchev–Trinajstić information content (AvgIpc) is 3.15. The summed E-state index contributed by atoms with van der Waals surface area (Å²) < 4.78 is 2.03. The van der Waals surface area contributed by atoms with Gasteiger partial charge in [0.05, 0.1) is 11.9 Å². The summed E-state index contributed by atoms with van der Waals surface area (Å²) in [4.78, 5) is 18.5. The maximum Gasteiger partial charge on any atom is 0.252 e. The Morgan fingerprint density at radius 3 is 2.57 bits per heavy atom. The molecule has 0 aliphatic carbocycles. The van der Waals surface area contributed by atoms with Crippen molar-refractivity contribution >= 4 is 17.2 Å². The van der Waals surface area contributed by atoms with Gasteiger partial charge in [0, 0.05) is 35.2 Å². The zero-order valence-electron chi connectivity index (χ0n) is 13.2. The van der Waals surface area contributed by atoms with E-state index in [-0.39, 0.29) is 5.91 Å². The summed E-state index contributed by atoms with van der Waals surface area (Å²) >= 11 is 1.65. The molecular formula is C18H19N3OS. The lowest BCUT2D eigenvalue weighted by atomic mass is 10.1. The van der Waals surface area contributed by atoms with E-state index in [4.69, 9.17) is 0 Å². The van der Waals surface area contributed by atoms with Crippen LogP contribution < -0.4 is 5.32 Å². The minimum absolute atomic E-state index is 0.00524. The molecule has 0 aliphatic rings. The van der Waals surface area contributed by atoms with Gasteiger partial charge in [-0.05, 0) is 31.0 Å². The number of benzene rings is 1. The molecule has 2 heterocycles. The highest BCUT2D eigenvalue weighted by Gasteiger charge is 2.11. The van der Waals surface area contributed by atoms with E-state index in [1.165, 1.54) is 5.56 Å². The molecule has 0 fully saturated rings. The van der Waals surface area contributed by atoms with Gasteiger partial charge in [-0.25, -0.2) is 4.98 Å². The molecule has 0 unspecified atom stereocenters. The number of carbonyl (C=O) groups is 1. The van der Waals surface area contributed by atoms with Crippen molar-refractivity contribution in [2.75, 3.05) is 0 Å². The van der Waals surface area contributed by atoms with Gasteiger partial charge in [0.15, 0.2) is 0 Å². The molecule has 3 rings (SSSR count). The monoisotopic (exact) mass is 325 g/mol. The van der Waals surface area contributed by atoms with Crippen LogP contribution in [0.25, 0.3) is 0 Å². The number of rotatable bonds is 5. The first-order valence-electron chi connectivity index (χ1n) is 7.50. The number of nitrogens with zero attached hydrogens (tertiary/aromatic N) is 2. The maximum absolute atomic E-state index is 12.2. The maximum atomic E-state index is 12.2. The van der Waals surface area contributed by atoms with E-state index in [1.807, 2.05) is 30.7 Å². The van der Waals surface area contributed by atoms with Crippen LogP contribution in [0.2, 0.25) is 0 Å². The molecule has 5 heteroatoms. The number of imidazole rings is 1. The average molecular weight is 325 g/mol. The fourth-order valence-electron chi connectivity index (χ4n) is 2.49. The Bertz CT molecular complexity index is 788. The molecule has 0 bridgehead atoms. The van der Waals surface area contributed by atoms with Crippen LogP contribution in [0.3, 0.4) is 0 Å². The van der Waals surface area contributed by atoms with Crippen molar-refractivity contribution in [3.63, 3.8) is 0 Å². The molecule has 1 amide bonds. The van der Waals surface area contributed by atoms with Crippen molar-refractivity contribution in [2.24, 2.45) is 0 Å². The number of nitrogens with one attached hydrogen (secondary N) is 1. The van der Waals surface area contributed by atoms with Crippen molar-refractivity contribution in [2.45, 2.75) is 26.9 Å². The van der Waals surface area contributed by atoms with Crippen molar-refractivity contribution in [1.29, 1.82) is 0 Å². The van der Waals surface area contributed by atoms with Crippen LogP contribution in [0.4, 0.5) is 0 Å². The molecule has 1 aromatic carbocycles. The minimum Gasteiger partial charge on any atom is -0.348 e. The summed E-state index contributed by atoms with van der Waals surface area (Å²) in [6.45, 7) is 5.35. The van der Waals surface area contributed by atoms with Crippen LogP contribution in [0, 0.1) is 13.8 Å². The summed E-state index contributed by atoms with van der Waals surface area (Å²) in [6, 6.07) is 10.2. The summed E-state index contributed by atoms with van der Waals surface area (Å²) in [5.74, 6) is -0.00524. The van der Waals surface area contributed by atoms with Gasteiger partial charge in [0.2, 0.25) is 0 Å². The van der Waals surface area contributed by atoms with E-state index in [2.05, 4.69) is 34.6 Å². The van der Waals surface area contributed by atoms with Crippen LogP contribution in [0.5, 0.6) is 0 Å². The normalized spacial score (nSPS) is 10.7.